The molecule has 99 valence electrons. The summed E-state index contributed by atoms with van der Waals surface area (Å²) in [6.45, 7) is 1.99. The molecule has 2 aromatic carbocycles. The summed E-state index contributed by atoms with van der Waals surface area (Å²) in [6, 6.07) is 18.7. The van der Waals surface area contributed by atoms with Crippen molar-refractivity contribution in [2.45, 2.75) is 6.92 Å². The third-order valence-electron chi connectivity index (χ3n) is 3.14. The SMILES string of the molecule is COc1ccc2nc(C)cc(Nc3cc[c]cc3)c2c1. The van der Waals surface area contributed by atoms with Crippen LogP contribution in [0, 0.1) is 13.0 Å². The van der Waals surface area contributed by atoms with Gasteiger partial charge in [0.15, 0.2) is 0 Å². The first-order valence-corrected chi connectivity index (χ1v) is 6.45. The van der Waals surface area contributed by atoms with Gasteiger partial charge in [-0.2, -0.15) is 0 Å². The molecule has 0 aliphatic rings. The minimum atomic E-state index is 0.826. The number of nitrogens with zero attached hydrogens (tertiary/aromatic N) is 1. The largest absolute Gasteiger partial charge is 0.497 e. The van der Waals surface area contributed by atoms with E-state index in [0.29, 0.717) is 0 Å². The molecule has 1 N–H and O–H groups in total. The predicted molar refractivity (Wildman–Crippen MR) is 81.6 cm³/mol. The lowest BCUT2D eigenvalue weighted by atomic mass is 10.1. The van der Waals surface area contributed by atoms with Gasteiger partial charge in [-0.3, -0.25) is 4.98 Å². The number of hydrogen-bond donors (Lipinski definition) is 1. The lowest BCUT2D eigenvalue weighted by Gasteiger charge is -2.11. The van der Waals surface area contributed by atoms with E-state index in [2.05, 4.69) is 16.4 Å². The molecule has 0 amide bonds. The van der Waals surface area contributed by atoms with Crippen LogP contribution < -0.4 is 10.1 Å². The molecule has 0 atom stereocenters. The molecule has 0 spiro atoms. The zero-order valence-electron chi connectivity index (χ0n) is 11.5. The van der Waals surface area contributed by atoms with Crippen LogP contribution in [0.25, 0.3) is 10.9 Å². The molecule has 0 unspecified atom stereocenters. The number of ether oxygens (including phenoxy) is 1. The second-order valence-electron chi connectivity index (χ2n) is 4.61. The van der Waals surface area contributed by atoms with Crippen LogP contribution in [0.4, 0.5) is 11.4 Å². The number of benzene rings is 2. The normalized spacial score (nSPS) is 10.5. The Kier molecular flexibility index (Phi) is 3.25. The molecule has 0 bridgehead atoms. The summed E-state index contributed by atoms with van der Waals surface area (Å²) in [5, 5.41) is 4.47. The van der Waals surface area contributed by atoms with Gasteiger partial charge in [-0.1, -0.05) is 12.1 Å². The molecule has 3 rings (SSSR count). The van der Waals surface area contributed by atoms with E-state index >= 15 is 0 Å². The van der Waals surface area contributed by atoms with E-state index in [4.69, 9.17) is 4.74 Å². The Morgan fingerprint density at radius 3 is 2.65 bits per heavy atom. The molecule has 20 heavy (non-hydrogen) atoms. The smallest absolute Gasteiger partial charge is 0.119 e. The molecule has 3 heteroatoms. The molecule has 0 aliphatic carbocycles. The van der Waals surface area contributed by atoms with Gasteiger partial charge in [-0.25, -0.2) is 0 Å². The van der Waals surface area contributed by atoms with E-state index in [-0.39, 0.29) is 0 Å². The molecule has 1 aromatic heterocycles. The van der Waals surface area contributed by atoms with Crippen LogP contribution in [0.2, 0.25) is 0 Å². The van der Waals surface area contributed by atoms with Crippen molar-refractivity contribution in [1.82, 2.24) is 4.98 Å². The van der Waals surface area contributed by atoms with Crippen molar-refractivity contribution in [3.63, 3.8) is 0 Å². The Bertz CT molecular complexity index is 739. The van der Waals surface area contributed by atoms with Crippen molar-refractivity contribution in [3.05, 3.63) is 60.3 Å². The van der Waals surface area contributed by atoms with Crippen molar-refractivity contribution in [1.29, 1.82) is 0 Å². The van der Waals surface area contributed by atoms with Crippen molar-refractivity contribution < 1.29 is 4.74 Å². The van der Waals surface area contributed by atoms with Crippen LogP contribution in [0.1, 0.15) is 5.69 Å². The van der Waals surface area contributed by atoms with Gasteiger partial charge >= 0.3 is 0 Å². The molecule has 3 nitrogen and oxygen atoms in total. The molecule has 1 heterocycles. The quantitative estimate of drug-likeness (QED) is 0.772. The second kappa shape index (κ2) is 5.21. The van der Waals surface area contributed by atoms with E-state index < -0.39 is 0 Å². The number of aryl methyl sites for hydroxylation is 1. The average Bonchev–Trinajstić information content (AvgIpc) is 2.48. The third kappa shape index (κ3) is 2.43. The highest BCUT2D eigenvalue weighted by molar-refractivity contribution is 5.94. The van der Waals surface area contributed by atoms with Gasteiger partial charge in [0.2, 0.25) is 0 Å². The maximum atomic E-state index is 5.30. The van der Waals surface area contributed by atoms with Crippen LogP contribution >= 0.6 is 0 Å². The van der Waals surface area contributed by atoms with Crippen LogP contribution in [-0.4, -0.2) is 12.1 Å². The Hall–Kier alpha value is -2.55. The van der Waals surface area contributed by atoms with E-state index in [1.54, 1.807) is 7.11 Å². The van der Waals surface area contributed by atoms with Gasteiger partial charge in [-0.15, -0.1) is 0 Å². The number of hydrogen-bond acceptors (Lipinski definition) is 3. The van der Waals surface area contributed by atoms with Crippen LogP contribution in [0.15, 0.2) is 48.5 Å². The van der Waals surface area contributed by atoms with Gasteiger partial charge in [-0.05, 0) is 49.4 Å². The molecule has 3 aromatic rings. The second-order valence-corrected chi connectivity index (χ2v) is 4.61. The third-order valence-corrected chi connectivity index (χ3v) is 3.14. The van der Waals surface area contributed by atoms with Crippen LogP contribution in [0.5, 0.6) is 5.75 Å². The number of nitrogens with one attached hydrogen (secondary N) is 1. The minimum absolute atomic E-state index is 0.826. The highest BCUT2D eigenvalue weighted by Crippen LogP contribution is 2.29. The maximum absolute atomic E-state index is 5.30. The zero-order valence-corrected chi connectivity index (χ0v) is 11.5. The summed E-state index contributed by atoms with van der Waals surface area (Å²) in [5.41, 5.74) is 3.99. The molecule has 1 radical (unpaired) electrons. The summed E-state index contributed by atoms with van der Waals surface area (Å²) >= 11 is 0. The van der Waals surface area contributed by atoms with Gasteiger partial charge in [0, 0.05) is 22.5 Å². The summed E-state index contributed by atoms with van der Waals surface area (Å²) < 4.78 is 5.30. The number of aromatic nitrogens is 1. The van der Waals surface area contributed by atoms with Gasteiger partial charge in [0.25, 0.3) is 0 Å². The fourth-order valence-electron chi connectivity index (χ4n) is 2.19. The van der Waals surface area contributed by atoms with Gasteiger partial charge in [0.05, 0.1) is 12.6 Å². The van der Waals surface area contributed by atoms with Gasteiger partial charge in [0.1, 0.15) is 5.75 Å². The lowest BCUT2D eigenvalue weighted by Crippen LogP contribution is -1.95. The molecule has 0 saturated carbocycles. The fraction of sp³-hybridized carbons (Fsp3) is 0.118. The topological polar surface area (TPSA) is 34.1 Å². The summed E-state index contributed by atoms with van der Waals surface area (Å²) in [7, 11) is 1.67. The summed E-state index contributed by atoms with van der Waals surface area (Å²) in [6.07, 6.45) is 0. The van der Waals surface area contributed by atoms with E-state index in [0.717, 1.165) is 33.7 Å². The number of anilines is 2. The van der Waals surface area contributed by atoms with E-state index in [1.807, 2.05) is 55.5 Å². The fourth-order valence-corrected chi connectivity index (χ4v) is 2.19. The van der Waals surface area contributed by atoms with Crippen molar-refractivity contribution in [2.24, 2.45) is 0 Å². The van der Waals surface area contributed by atoms with Crippen LogP contribution in [0.3, 0.4) is 0 Å². The number of rotatable bonds is 3. The first kappa shape index (κ1) is 12.5. The summed E-state index contributed by atoms with van der Waals surface area (Å²) in [4.78, 5) is 4.55. The van der Waals surface area contributed by atoms with Crippen molar-refractivity contribution in [3.8, 4) is 5.75 Å². The Labute approximate surface area is 118 Å². The molecule has 0 saturated heterocycles. The summed E-state index contributed by atoms with van der Waals surface area (Å²) in [5.74, 6) is 0.826. The van der Waals surface area contributed by atoms with Crippen LogP contribution in [-0.2, 0) is 0 Å². The number of methoxy groups -OCH3 is 1. The van der Waals surface area contributed by atoms with Gasteiger partial charge < -0.3 is 10.1 Å². The molecular formula is C17H15N2O. The zero-order chi connectivity index (χ0) is 13.9. The standard InChI is InChI=1S/C17H15N2O/c1-12-10-17(19-13-6-4-3-5-7-13)15-11-14(20-2)8-9-16(15)18-12/h4-11H,1-2H3,(H,18,19). The first-order valence-electron chi connectivity index (χ1n) is 6.45. The van der Waals surface area contributed by atoms with Crippen molar-refractivity contribution in [2.75, 3.05) is 12.4 Å². The van der Waals surface area contributed by atoms with E-state index in [1.165, 1.54) is 0 Å². The molecule has 0 fully saturated rings. The maximum Gasteiger partial charge on any atom is 0.119 e. The lowest BCUT2D eigenvalue weighted by molar-refractivity contribution is 0.415. The first-order chi connectivity index (χ1) is 9.76. The van der Waals surface area contributed by atoms with Crippen molar-refractivity contribution >= 4 is 22.3 Å². The number of pyridine rings is 1. The molecular weight excluding hydrogens is 248 g/mol. The monoisotopic (exact) mass is 263 g/mol. The van der Waals surface area contributed by atoms with E-state index in [9.17, 15) is 0 Å². The Morgan fingerprint density at radius 2 is 1.90 bits per heavy atom. The highest BCUT2D eigenvalue weighted by Gasteiger charge is 2.06. The average molecular weight is 263 g/mol. The Balaban J connectivity index is 2.12. The number of fused-ring (bicyclic) bond motifs is 1. The predicted octanol–water partition coefficient (Wildman–Crippen LogP) is 4.10. The minimum Gasteiger partial charge on any atom is -0.497 e. The Morgan fingerprint density at radius 1 is 1.10 bits per heavy atom. The molecule has 0 aliphatic heterocycles. The highest BCUT2D eigenvalue weighted by atomic mass is 16.5.